The van der Waals surface area contributed by atoms with E-state index in [0.717, 1.165) is 23.0 Å². The molecular formula is C13H22N2S. The van der Waals surface area contributed by atoms with Gasteiger partial charge in [0.25, 0.3) is 0 Å². The molecule has 3 atom stereocenters. The van der Waals surface area contributed by atoms with Gasteiger partial charge in [0.1, 0.15) is 0 Å². The molecule has 1 saturated carbocycles. The number of nitrogens with zero attached hydrogens (tertiary/aromatic N) is 1. The number of H-pyrrole nitrogens is 1. The molecule has 1 N–H and O–H groups in total. The number of hydrogen-bond acceptors (Lipinski definition) is 1. The predicted octanol–water partition coefficient (Wildman–Crippen LogP) is 4.11. The first-order chi connectivity index (χ1) is 7.65. The van der Waals surface area contributed by atoms with E-state index < -0.39 is 0 Å². The summed E-state index contributed by atoms with van der Waals surface area (Å²) in [7, 11) is 0. The van der Waals surface area contributed by atoms with E-state index in [1.54, 1.807) is 0 Å². The van der Waals surface area contributed by atoms with E-state index in [9.17, 15) is 0 Å². The number of rotatable bonds is 2. The average Bonchev–Trinajstić information content (AvgIpc) is 2.64. The minimum Gasteiger partial charge on any atom is -0.337 e. The summed E-state index contributed by atoms with van der Waals surface area (Å²) in [5.41, 5.74) is 1.36. The number of aromatic nitrogens is 2. The molecule has 0 radical (unpaired) electrons. The molecule has 2 rings (SSSR count). The maximum Gasteiger partial charge on any atom is 0.177 e. The molecule has 1 heterocycles. The molecule has 90 valence electrons. The van der Waals surface area contributed by atoms with Crippen molar-refractivity contribution in [2.75, 3.05) is 0 Å². The summed E-state index contributed by atoms with van der Waals surface area (Å²) < 4.78 is 3.28. The van der Waals surface area contributed by atoms with Gasteiger partial charge in [-0.3, -0.25) is 0 Å². The summed E-state index contributed by atoms with van der Waals surface area (Å²) in [6.45, 7) is 6.95. The van der Waals surface area contributed by atoms with Crippen LogP contribution in [0.2, 0.25) is 0 Å². The summed E-state index contributed by atoms with van der Waals surface area (Å²) in [6.07, 6.45) is 7.13. The number of nitrogens with one attached hydrogen (secondary N) is 1. The van der Waals surface area contributed by atoms with Crippen molar-refractivity contribution < 1.29 is 0 Å². The second kappa shape index (κ2) is 4.74. The Balaban J connectivity index is 2.35. The molecule has 1 aromatic rings. The molecule has 0 bridgehead atoms. The summed E-state index contributed by atoms with van der Waals surface area (Å²) in [5, 5.41) is 0. The Morgan fingerprint density at radius 1 is 1.44 bits per heavy atom. The van der Waals surface area contributed by atoms with Crippen LogP contribution in [0.25, 0.3) is 0 Å². The van der Waals surface area contributed by atoms with Crippen molar-refractivity contribution >= 4 is 12.2 Å². The molecule has 0 aliphatic heterocycles. The smallest absolute Gasteiger partial charge is 0.177 e. The average molecular weight is 238 g/mol. The van der Waals surface area contributed by atoms with Gasteiger partial charge in [0.15, 0.2) is 4.77 Å². The molecule has 1 aliphatic rings. The van der Waals surface area contributed by atoms with Crippen LogP contribution in [0.3, 0.4) is 0 Å². The Kier molecular flexibility index (Phi) is 3.53. The topological polar surface area (TPSA) is 20.7 Å². The molecule has 1 fully saturated rings. The van der Waals surface area contributed by atoms with Gasteiger partial charge < -0.3 is 9.55 Å². The van der Waals surface area contributed by atoms with E-state index >= 15 is 0 Å². The van der Waals surface area contributed by atoms with Gasteiger partial charge in [0, 0.05) is 17.9 Å². The highest BCUT2D eigenvalue weighted by atomic mass is 32.1. The molecule has 0 aromatic carbocycles. The number of aromatic amines is 1. The maximum absolute atomic E-state index is 5.42. The van der Waals surface area contributed by atoms with Crippen LogP contribution in [0, 0.1) is 16.6 Å². The third-order valence-electron chi connectivity index (χ3n) is 4.25. The van der Waals surface area contributed by atoms with Gasteiger partial charge >= 0.3 is 0 Å². The molecule has 0 spiro atoms. The van der Waals surface area contributed by atoms with E-state index in [0.29, 0.717) is 6.04 Å². The quantitative estimate of drug-likeness (QED) is 0.769. The highest BCUT2D eigenvalue weighted by molar-refractivity contribution is 7.71. The fourth-order valence-corrected chi connectivity index (χ4v) is 3.28. The zero-order valence-corrected chi connectivity index (χ0v) is 11.3. The van der Waals surface area contributed by atoms with Crippen LogP contribution in [0.1, 0.15) is 51.8 Å². The SMILES string of the molecule is CCc1c[nH]c(=S)n1C1CCCC(C)C1C. The van der Waals surface area contributed by atoms with Gasteiger partial charge in [0.2, 0.25) is 0 Å². The summed E-state index contributed by atoms with van der Waals surface area (Å²) in [5.74, 6) is 1.56. The minimum atomic E-state index is 0.609. The monoisotopic (exact) mass is 238 g/mol. The molecular weight excluding hydrogens is 216 g/mol. The highest BCUT2D eigenvalue weighted by Crippen LogP contribution is 2.38. The Labute approximate surface area is 103 Å². The van der Waals surface area contributed by atoms with Crippen molar-refractivity contribution in [1.82, 2.24) is 9.55 Å². The molecule has 1 aliphatic carbocycles. The van der Waals surface area contributed by atoms with E-state index in [4.69, 9.17) is 12.2 Å². The van der Waals surface area contributed by atoms with Gasteiger partial charge in [-0.05, 0) is 36.9 Å². The van der Waals surface area contributed by atoms with Crippen molar-refractivity contribution in [1.29, 1.82) is 0 Å². The fraction of sp³-hybridized carbons (Fsp3) is 0.769. The van der Waals surface area contributed by atoms with E-state index in [1.165, 1.54) is 25.0 Å². The lowest BCUT2D eigenvalue weighted by Gasteiger charge is -2.35. The largest absolute Gasteiger partial charge is 0.337 e. The lowest BCUT2D eigenvalue weighted by atomic mass is 9.78. The van der Waals surface area contributed by atoms with Gasteiger partial charge in [-0.25, -0.2) is 0 Å². The normalized spacial score (nSPS) is 30.6. The summed E-state index contributed by atoms with van der Waals surface area (Å²) in [6, 6.07) is 0.609. The van der Waals surface area contributed by atoms with Crippen LogP contribution in [0.4, 0.5) is 0 Å². The second-order valence-corrected chi connectivity index (χ2v) is 5.53. The Bertz CT molecular complexity index is 404. The van der Waals surface area contributed by atoms with Crippen LogP contribution in [0.5, 0.6) is 0 Å². The highest BCUT2D eigenvalue weighted by Gasteiger charge is 2.29. The fourth-order valence-electron chi connectivity index (χ4n) is 2.97. The van der Waals surface area contributed by atoms with E-state index in [2.05, 4.69) is 36.5 Å². The Hall–Kier alpha value is -0.570. The van der Waals surface area contributed by atoms with Gasteiger partial charge in [-0.15, -0.1) is 0 Å². The second-order valence-electron chi connectivity index (χ2n) is 5.14. The molecule has 1 aromatic heterocycles. The Morgan fingerprint density at radius 3 is 2.88 bits per heavy atom. The number of imidazole rings is 1. The molecule has 2 nitrogen and oxygen atoms in total. The third-order valence-corrected chi connectivity index (χ3v) is 4.56. The van der Waals surface area contributed by atoms with Crippen molar-refractivity contribution in [3.05, 3.63) is 16.7 Å². The van der Waals surface area contributed by atoms with E-state index in [1.807, 2.05) is 0 Å². The zero-order valence-electron chi connectivity index (χ0n) is 10.5. The third kappa shape index (κ3) is 1.97. The maximum atomic E-state index is 5.42. The zero-order chi connectivity index (χ0) is 11.7. The van der Waals surface area contributed by atoms with Crippen molar-refractivity contribution in [3.63, 3.8) is 0 Å². The molecule has 0 amide bonds. The van der Waals surface area contributed by atoms with Crippen LogP contribution in [-0.2, 0) is 6.42 Å². The standard InChI is InChI=1S/C13H22N2S/c1-4-11-8-14-13(16)15(11)12-7-5-6-9(2)10(12)3/h8-10,12H,4-7H2,1-3H3,(H,14,16). The van der Waals surface area contributed by atoms with Gasteiger partial charge in [-0.1, -0.05) is 33.6 Å². The molecule has 3 heteroatoms. The van der Waals surface area contributed by atoms with Crippen molar-refractivity contribution in [2.45, 2.75) is 52.5 Å². The Morgan fingerprint density at radius 2 is 2.19 bits per heavy atom. The van der Waals surface area contributed by atoms with Crippen LogP contribution < -0.4 is 0 Å². The van der Waals surface area contributed by atoms with Crippen molar-refractivity contribution in [2.24, 2.45) is 11.8 Å². The van der Waals surface area contributed by atoms with Crippen LogP contribution in [-0.4, -0.2) is 9.55 Å². The van der Waals surface area contributed by atoms with Crippen LogP contribution >= 0.6 is 12.2 Å². The first-order valence-electron chi connectivity index (χ1n) is 6.44. The lowest BCUT2D eigenvalue weighted by Crippen LogP contribution is -2.28. The summed E-state index contributed by atoms with van der Waals surface area (Å²) >= 11 is 5.42. The molecule has 16 heavy (non-hydrogen) atoms. The first-order valence-corrected chi connectivity index (χ1v) is 6.84. The lowest BCUT2D eigenvalue weighted by molar-refractivity contribution is 0.182. The number of aryl methyl sites for hydroxylation is 1. The molecule has 3 unspecified atom stereocenters. The summed E-state index contributed by atoms with van der Waals surface area (Å²) in [4.78, 5) is 3.20. The van der Waals surface area contributed by atoms with E-state index in [-0.39, 0.29) is 0 Å². The van der Waals surface area contributed by atoms with Gasteiger partial charge in [-0.2, -0.15) is 0 Å². The number of hydrogen-bond donors (Lipinski definition) is 1. The predicted molar refractivity (Wildman–Crippen MR) is 70.2 cm³/mol. The first kappa shape index (κ1) is 11.9. The van der Waals surface area contributed by atoms with Crippen LogP contribution in [0.15, 0.2) is 6.20 Å². The molecule has 0 saturated heterocycles. The van der Waals surface area contributed by atoms with Crippen molar-refractivity contribution in [3.8, 4) is 0 Å². The minimum absolute atomic E-state index is 0.609. The van der Waals surface area contributed by atoms with Gasteiger partial charge in [0.05, 0.1) is 0 Å².